The average molecular weight is 214 g/mol. The van der Waals surface area contributed by atoms with Crippen molar-refractivity contribution < 1.29 is 9.47 Å². The maximum absolute atomic E-state index is 5.52. The highest BCUT2D eigenvalue weighted by Crippen LogP contribution is 2.33. The Morgan fingerprint density at radius 1 is 1.25 bits per heavy atom. The predicted molar refractivity (Wildman–Crippen MR) is 59.6 cm³/mol. The van der Waals surface area contributed by atoms with E-state index in [1.54, 1.807) is 17.8 Å². The molecule has 0 radical (unpaired) electrons. The lowest BCUT2D eigenvalue weighted by Crippen LogP contribution is -2.15. The van der Waals surface area contributed by atoms with Crippen molar-refractivity contribution in [1.29, 1.82) is 0 Å². The molecule has 1 aromatic heterocycles. The van der Waals surface area contributed by atoms with Crippen LogP contribution in [0.5, 0.6) is 11.5 Å². The predicted octanol–water partition coefficient (Wildman–Crippen LogP) is 1.64. The van der Waals surface area contributed by atoms with Crippen molar-refractivity contribution in [2.24, 2.45) is 0 Å². The summed E-state index contributed by atoms with van der Waals surface area (Å²) in [6, 6.07) is 6.75. The second kappa shape index (κ2) is 3.46. The molecule has 0 fully saturated rings. The number of aromatic nitrogens is 2. The maximum atomic E-state index is 5.52. The van der Waals surface area contributed by atoms with Gasteiger partial charge in [0, 0.05) is 18.2 Å². The Labute approximate surface area is 92.8 Å². The van der Waals surface area contributed by atoms with Crippen LogP contribution in [0.3, 0.4) is 0 Å². The van der Waals surface area contributed by atoms with Crippen LogP contribution in [0.15, 0.2) is 18.5 Å². The minimum atomic E-state index is 0.589. The summed E-state index contributed by atoms with van der Waals surface area (Å²) in [6.07, 6.45) is 1.70. The van der Waals surface area contributed by atoms with E-state index in [4.69, 9.17) is 9.47 Å². The van der Waals surface area contributed by atoms with Gasteiger partial charge in [-0.15, -0.1) is 0 Å². The number of benzene rings is 1. The zero-order valence-electron chi connectivity index (χ0n) is 8.86. The van der Waals surface area contributed by atoms with Crippen molar-refractivity contribution in [3.05, 3.63) is 18.5 Å². The highest BCUT2D eigenvalue weighted by molar-refractivity contribution is 5.80. The Bertz CT molecular complexity index is 604. The first-order valence-corrected chi connectivity index (χ1v) is 5.08. The van der Waals surface area contributed by atoms with Gasteiger partial charge in [0.2, 0.25) is 0 Å². The van der Waals surface area contributed by atoms with E-state index in [1.165, 1.54) is 0 Å². The third-order valence-corrected chi connectivity index (χ3v) is 2.44. The van der Waals surface area contributed by atoms with Gasteiger partial charge >= 0.3 is 0 Å². The summed E-state index contributed by atoms with van der Waals surface area (Å²) in [7, 11) is 0. The SMILES string of the molecule is CC#Cn1cnc2cc3c(cc21)OCCO3. The molecule has 2 aromatic rings. The van der Waals surface area contributed by atoms with Crippen LogP contribution in [0.25, 0.3) is 11.0 Å². The van der Waals surface area contributed by atoms with Crippen molar-refractivity contribution >= 4 is 11.0 Å². The molecule has 0 saturated heterocycles. The molecule has 0 atom stereocenters. The minimum absolute atomic E-state index is 0.589. The summed E-state index contributed by atoms with van der Waals surface area (Å²) < 4.78 is 12.8. The van der Waals surface area contributed by atoms with Gasteiger partial charge in [0.05, 0.1) is 11.0 Å². The van der Waals surface area contributed by atoms with E-state index in [1.807, 2.05) is 12.1 Å². The van der Waals surface area contributed by atoms with Gasteiger partial charge in [-0.3, -0.25) is 4.57 Å². The number of ether oxygens (including phenoxy) is 2. The van der Waals surface area contributed by atoms with Crippen LogP contribution in [0, 0.1) is 12.0 Å². The fourth-order valence-corrected chi connectivity index (χ4v) is 1.76. The van der Waals surface area contributed by atoms with Gasteiger partial charge in [0.25, 0.3) is 0 Å². The molecule has 1 aromatic carbocycles. The first-order valence-electron chi connectivity index (χ1n) is 5.08. The van der Waals surface area contributed by atoms with E-state index in [9.17, 15) is 0 Å². The van der Waals surface area contributed by atoms with Crippen molar-refractivity contribution in [2.45, 2.75) is 6.92 Å². The quantitative estimate of drug-likeness (QED) is 0.625. The molecule has 16 heavy (non-hydrogen) atoms. The van der Waals surface area contributed by atoms with Crippen molar-refractivity contribution in [3.63, 3.8) is 0 Å². The summed E-state index contributed by atoms with van der Waals surface area (Å²) in [4.78, 5) is 4.27. The zero-order valence-corrected chi connectivity index (χ0v) is 8.86. The highest BCUT2D eigenvalue weighted by atomic mass is 16.6. The summed E-state index contributed by atoms with van der Waals surface area (Å²) >= 11 is 0. The number of imidazole rings is 1. The van der Waals surface area contributed by atoms with E-state index in [2.05, 4.69) is 16.9 Å². The van der Waals surface area contributed by atoms with Crippen LogP contribution in [0.2, 0.25) is 0 Å². The van der Waals surface area contributed by atoms with E-state index >= 15 is 0 Å². The average Bonchev–Trinajstić information content (AvgIpc) is 2.70. The van der Waals surface area contributed by atoms with E-state index in [0.717, 1.165) is 22.5 Å². The number of hydrogen-bond donors (Lipinski definition) is 0. The molecule has 0 amide bonds. The maximum Gasteiger partial charge on any atom is 0.163 e. The molecule has 1 aliphatic rings. The van der Waals surface area contributed by atoms with Crippen LogP contribution in [-0.4, -0.2) is 22.8 Å². The molecule has 4 heteroatoms. The smallest absolute Gasteiger partial charge is 0.163 e. The van der Waals surface area contributed by atoms with Gasteiger partial charge in [-0.25, -0.2) is 4.98 Å². The zero-order chi connectivity index (χ0) is 11.0. The molecule has 0 unspecified atom stereocenters. The topological polar surface area (TPSA) is 36.3 Å². The molecule has 2 heterocycles. The van der Waals surface area contributed by atoms with Gasteiger partial charge in [-0.2, -0.15) is 0 Å². The van der Waals surface area contributed by atoms with Gasteiger partial charge in [0.1, 0.15) is 19.5 Å². The Kier molecular flexibility index (Phi) is 1.97. The van der Waals surface area contributed by atoms with E-state index in [-0.39, 0.29) is 0 Å². The van der Waals surface area contributed by atoms with Gasteiger partial charge in [-0.1, -0.05) is 5.92 Å². The first-order chi connectivity index (χ1) is 7.88. The fraction of sp³-hybridized carbons (Fsp3) is 0.250. The second-order valence-electron chi connectivity index (χ2n) is 3.46. The monoisotopic (exact) mass is 214 g/mol. The van der Waals surface area contributed by atoms with E-state index in [0.29, 0.717) is 13.2 Å². The van der Waals surface area contributed by atoms with Gasteiger partial charge in [0.15, 0.2) is 11.5 Å². The lowest BCUT2D eigenvalue weighted by Gasteiger charge is -2.17. The summed E-state index contributed by atoms with van der Waals surface area (Å²) in [5.74, 6) is 4.36. The van der Waals surface area contributed by atoms with Crippen LogP contribution >= 0.6 is 0 Å². The molecule has 4 nitrogen and oxygen atoms in total. The molecule has 0 aliphatic carbocycles. The Morgan fingerprint density at radius 3 is 2.75 bits per heavy atom. The summed E-state index contributed by atoms with van der Waals surface area (Å²) in [5, 5.41) is 0. The Balaban J connectivity index is 2.24. The van der Waals surface area contributed by atoms with Crippen LogP contribution in [0.1, 0.15) is 6.92 Å². The van der Waals surface area contributed by atoms with Crippen molar-refractivity contribution in [1.82, 2.24) is 9.55 Å². The van der Waals surface area contributed by atoms with Crippen LogP contribution in [-0.2, 0) is 0 Å². The molecular weight excluding hydrogens is 204 g/mol. The van der Waals surface area contributed by atoms with Crippen molar-refractivity contribution in [2.75, 3.05) is 13.2 Å². The minimum Gasteiger partial charge on any atom is -0.486 e. The number of fused-ring (bicyclic) bond motifs is 2. The number of rotatable bonds is 0. The molecular formula is C12H10N2O2. The Hall–Kier alpha value is -2.15. The molecule has 0 N–H and O–H groups in total. The third-order valence-electron chi connectivity index (χ3n) is 2.44. The highest BCUT2D eigenvalue weighted by Gasteiger charge is 2.14. The largest absolute Gasteiger partial charge is 0.486 e. The fourth-order valence-electron chi connectivity index (χ4n) is 1.76. The Morgan fingerprint density at radius 2 is 2.00 bits per heavy atom. The molecule has 3 rings (SSSR count). The normalized spacial score (nSPS) is 13.3. The van der Waals surface area contributed by atoms with Gasteiger partial charge in [-0.05, 0) is 6.92 Å². The first kappa shape index (κ1) is 9.10. The van der Waals surface area contributed by atoms with Crippen LogP contribution < -0.4 is 9.47 Å². The molecule has 1 aliphatic heterocycles. The molecule has 0 saturated carbocycles. The standard InChI is InChI=1S/C12H10N2O2/c1-2-3-14-8-13-9-6-11-12(7-10(9)14)16-5-4-15-11/h6-8H,4-5H2,1H3. The van der Waals surface area contributed by atoms with Gasteiger partial charge < -0.3 is 9.47 Å². The van der Waals surface area contributed by atoms with Crippen molar-refractivity contribution in [3.8, 4) is 23.5 Å². The second-order valence-corrected chi connectivity index (χ2v) is 3.46. The molecule has 0 spiro atoms. The third kappa shape index (κ3) is 1.29. The molecule has 0 bridgehead atoms. The lowest BCUT2D eigenvalue weighted by atomic mass is 10.2. The van der Waals surface area contributed by atoms with E-state index < -0.39 is 0 Å². The number of nitrogens with zero attached hydrogens (tertiary/aromatic N) is 2. The summed E-state index contributed by atoms with van der Waals surface area (Å²) in [5.41, 5.74) is 1.81. The van der Waals surface area contributed by atoms with Crippen LogP contribution in [0.4, 0.5) is 0 Å². The number of hydrogen-bond acceptors (Lipinski definition) is 3. The molecule has 80 valence electrons. The summed E-state index contributed by atoms with van der Waals surface area (Å²) in [6.45, 7) is 2.98. The lowest BCUT2D eigenvalue weighted by molar-refractivity contribution is 0.172.